The molecule has 0 bridgehead atoms. The summed E-state index contributed by atoms with van der Waals surface area (Å²) in [6.45, 7) is 3.15. The molecule has 0 unspecified atom stereocenters. The molecule has 1 aliphatic rings. The van der Waals surface area contributed by atoms with E-state index in [1.165, 1.54) is 12.1 Å². The number of piperidine rings is 1. The van der Waals surface area contributed by atoms with E-state index in [0.29, 0.717) is 24.6 Å². The van der Waals surface area contributed by atoms with E-state index in [-0.39, 0.29) is 17.6 Å². The van der Waals surface area contributed by atoms with Gasteiger partial charge in [0.05, 0.1) is 6.26 Å². The molecule has 25 heavy (non-hydrogen) atoms. The Morgan fingerprint density at radius 1 is 1.32 bits per heavy atom. The van der Waals surface area contributed by atoms with Gasteiger partial charge >= 0.3 is 0 Å². The number of carbonyl (C=O) groups excluding carboxylic acids is 1. The SMILES string of the molecule is Cc1cc(OC2CCN(C(=O)/C=C/c3ccco3)CC2)cc(=O)n1C. The highest BCUT2D eigenvalue weighted by Gasteiger charge is 2.23. The number of rotatable bonds is 4. The molecule has 1 saturated heterocycles. The number of ether oxygens (including phenoxy) is 1. The van der Waals surface area contributed by atoms with Crippen LogP contribution in [0.2, 0.25) is 0 Å². The maximum Gasteiger partial charge on any atom is 0.254 e. The summed E-state index contributed by atoms with van der Waals surface area (Å²) < 4.78 is 12.7. The third-order valence-corrected chi connectivity index (χ3v) is 4.47. The molecule has 0 aliphatic carbocycles. The predicted molar refractivity (Wildman–Crippen MR) is 94.4 cm³/mol. The van der Waals surface area contributed by atoms with Crippen molar-refractivity contribution in [3.63, 3.8) is 0 Å². The number of amides is 1. The Morgan fingerprint density at radius 3 is 2.72 bits per heavy atom. The Bertz CT molecular complexity index is 812. The second kappa shape index (κ2) is 7.42. The van der Waals surface area contributed by atoms with Gasteiger partial charge in [0.2, 0.25) is 5.91 Å². The molecule has 3 heterocycles. The zero-order chi connectivity index (χ0) is 17.8. The van der Waals surface area contributed by atoms with Crippen LogP contribution in [0.5, 0.6) is 5.75 Å². The average Bonchev–Trinajstić information content (AvgIpc) is 3.12. The largest absolute Gasteiger partial charge is 0.490 e. The summed E-state index contributed by atoms with van der Waals surface area (Å²) in [4.78, 5) is 25.8. The lowest BCUT2D eigenvalue weighted by Gasteiger charge is -2.31. The molecule has 0 radical (unpaired) electrons. The Morgan fingerprint density at radius 2 is 2.08 bits per heavy atom. The van der Waals surface area contributed by atoms with Crippen LogP contribution in [-0.4, -0.2) is 34.6 Å². The number of likely N-dealkylation sites (tertiary alicyclic amines) is 1. The van der Waals surface area contributed by atoms with Crippen molar-refractivity contribution < 1.29 is 13.9 Å². The third-order valence-electron chi connectivity index (χ3n) is 4.47. The quantitative estimate of drug-likeness (QED) is 0.800. The van der Waals surface area contributed by atoms with Crippen LogP contribution in [0.1, 0.15) is 24.3 Å². The van der Waals surface area contributed by atoms with Gasteiger partial charge < -0.3 is 18.6 Å². The summed E-state index contributed by atoms with van der Waals surface area (Å²) in [7, 11) is 1.74. The molecular weight excluding hydrogens is 320 g/mol. The van der Waals surface area contributed by atoms with E-state index in [1.807, 2.05) is 13.0 Å². The van der Waals surface area contributed by atoms with Crippen molar-refractivity contribution in [2.24, 2.45) is 7.05 Å². The maximum absolute atomic E-state index is 12.2. The fourth-order valence-electron chi connectivity index (χ4n) is 2.84. The maximum atomic E-state index is 12.2. The topological polar surface area (TPSA) is 64.7 Å². The predicted octanol–water partition coefficient (Wildman–Crippen LogP) is 2.37. The first-order valence-electron chi connectivity index (χ1n) is 8.38. The monoisotopic (exact) mass is 342 g/mol. The number of aromatic nitrogens is 1. The van der Waals surface area contributed by atoms with Crippen LogP contribution in [-0.2, 0) is 11.8 Å². The standard InChI is InChI=1S/C19H22N2O4/c1-14-12-17(13-19(23)20(14)2)25-16-7-9-21(10-8-16)18(22)6-5-15-4-3-11-24-15/h3-6,11-13,16H,7-10H2,1-2H3/b6-5+. The second-order valence-electron chi connectivity index (χ2n) is 6.22. The lowest BCUT2D eigenvalue weighted by Crippen LogP contribution is -2.41. The van der Waals surface area contributed by atoms with Crippen molar-refractivity contribution in [1.29, 1.82) is 0 Å². The molecule has 2 aromatic rings. The number of hydrogen-bond acceptors (Lipinski definition) is 4. The summed E-state index contributed by atoms with van der Waals surface area (Å²) in [5, 5.41) is 0. The van der Waals surface area contributed by atoms with Gasteiger partial charge in [-0.3, -0.25) is 9.59 Å². The van der Waals surface area contributed by atoms with Crippen LogP contribution in [0, 0.1) is 6.92 Å². The van der Waals surface area contributed by atoms with Gasteiger partial charge in [0.15, 0.2) is 0 Å². The lowest BCUT2D eigenvalue weighted by molar-refractivity contribution is -0.127. The molecule has 0 saturated carbocycles. The highest BCUT2D eigenvalue weighted by molar-refractivity contribution is 5.91. The molecule has 0 N–H and O–H groups in total. The van der Waals surface area contributed by atoms with Gasteiger partial charge in [0, 0.05) is 50.8 Å². The highest BCUT2D eigenvalue weighted by Crippen LogP contribution is 2.19. The number of furan rings is 1. The molecule has 0 atom stereocenters. The van der Waals surface area contributed by atoms with Crippen LogP contribution < -0.4 is 10.3 Å². The lowest BCUT2D eigenvalue weighted by atomic mass is 10.1. The van der Waals surface area contributed by atoms with E-state index < -0.39 is 0 Å². The van der Waals surface area contributed by atoms with Gasteiger partial charge in [0.25, 0.3) is 5.56 Å². The molecule has 1 aliphatic heterocycles. The molecule has 1 amide bonds. The van der Waals surface area contributed by atoms with E-state index in [2.05, 4.69) is 0 Å². The normalized spacial score (nSPS) is 15.7. The van der Waals surface area contributed by atoms with Crippen LogP contribution in [0.15, 0.2) is 45.8 Å². The van der Waals surface area contributed by atoms with Gasteiger partial charge in [-0.1, -0.05) is 0 Å². The van der Waals surface area contributed by atoms with E-state index in [1.54, 1.807) is 41.0 Å². The van der Waals surface area contributed by atoms with E-state index in [0.717, 1.165) is 18.5 Å². The minimum atomic E-state index is -0.0781. The van der Waals surface area contributed by atoms with Crippen molar-refractivity contribution >= 4 is 12.0 Å². The Balaban J connectivity index is 1.53. The third kappa shape index (κ3) is 4.21. The van der Waals surface area contributed by atoms with E-state index >= 15 is 0 Å². The zero-order valence-electron chi connectivity index (χ0n) is 14.5. The van der Waals surface area contributed by atoms with Crippen molar-refractivity contribution in [2.75, 3.05) is 13.1 Å². The number of carbonyl (C=O) groups is 1. The van der Waals surface area contributed by atoms with Gasteiger partial charge in [-0.15, -0.1) is 0 Å². The van der Waals surface area contributed by atoms with Crippen molar-refractivity contribution in [3.05, 3.63) is 58.4 Å². The first kappa shape index (κ1) is 17.1. The summed E-state index contributed by atoms with van der Waals surface area (Å²) in [6.07, 6.45) is 6.29. The first-order valence-corrected chi connectivity index (χ1v) is 8.38. The first-order chi connectivity index (χ1) is 12.0. The second-order valence-corrected chi connectivity index (χ2v) is 6.22. The van der Waals surface area contributed by atoms with Gasteiger partial charge in [-0.2, -0.15) is 0 Å². The Hall–Kier alpha value is -2.76. The molecule has 0 aromatic carbocycles. The van der Waals surface area contributed by atoms with Crippen molar-refractivity contribution in [3.8, 4) is 5.75 Å². The summed E-state index contributed by atoms with van der Waals surface area (Å²) in [5.41, 5.74) is 0.781. The van der Waals surface area contributed by atoms with Gasteiger partial charge in [-0.05, 0) is 31.2 Å². The van der Waals surface area contributed by atoms with Gasteiger partial charge in [-0.25, -0.2) is 0 Å². The fourth-order valence-corrected chi connectivity index (χ4v) is 2.84. The molecule has 0 spiro atoms. The Kier molecular flexibility index (Phi) is 5.07. The minimum Gasteiger partial charge on any atom is -0.490 e. The molecule has 6 nitrogen and oxygen atoms in total. The van der Waals surface area contributed by atoms with Crippen LogP contribution in [0.4, 0.5) is 0 Å². The van der Waals surface area contributed by atoms with Gasteiger partial charge in [0.1, 0.15) is 17.6 Å². The number of pyridine rings is 1. The van der Waals surface area contributed by atoms with E-state index in [4.69, 9.17) is 9.15 Å². The summed E-state index contributed by atoms with van der Waals surface area (Å²) in [6, 6.07) is 6.96. The Labute approximate surface area is 146 Å². The van der Waals surface area contributed by atoms with E-state index in [9.17, 15) is 9.59 Å². The average molecular weight is 342 g/mol. The molecule has 132 valence electrons. The molecular formula is C19H22N2O4. The molecule has 3 rings (SSSR count). The summed E-state index contributed by atoms with van der Waals surface area (Å²) in [5.74, 6) is 1.23. The van der Waals surface area contributed by atoms with Crippen LogP contribution in [0.25, 0.3) is 6.08 Å². The number of aryl methyl sites for hydroxylation is 1. The van der Waals surface area contributed by atoms with Crippen LogP contribution in [0.3, 0.4) is 0 Å². The van der Waals surface area contributed by atoms with Crippen molar-refractivity contribution in [2.45, 2.75) is 25.9 Å². The smallest absolute Gasteiger partial charge is 0.254 e. The molecule has 6 heteroatoms. The molecule has 1 fully saturated rings. The highest BCUT2D eigenvalue weighted by atomic mass is 16.5. The zero-order valence-corrected chi connectivity index (χ0v) is 14.5. The number of nitrogens with zero attached hydrogens (tertiary/aromatic N) is 2. The van der Waals surface area contributed by atoms with Crippen LogP contribution >= 0.6 is 0 Å². The molecule has 2 aromatic heterocycles. The van der Waals surface area contributed by atoms with Crippen molar-refractivity contribution in [1.82, 2.24) is 9.47 Å². The fraction of sp³-hybridized carbons (Fsp3) is 0.368. The number of hydrogen-bond donors (Lipinski definition) is 0. The summed E-state index contributed by atoms with van der Waals surface area (Å²) >= 11 is 0. The minimum absolute atomic E-state index is 0.0182.